The maximum absolute atomic E-state index is 3.53. The van der Waals surface area contributed by atoms with Gasteiger partial charge in [-0.2, -0.15) is 47.0 Å². The van der Waals surface area contributed by atoms with Crippen molar-refractivity contribution in [3.8, 4) is 0 Å². The summed E-state index contributed by atoms with van der Waals surface area (Å²) in [6.45, 7) is 5.69. The van der Waals surface area contributed by atoms with Gasteiger partial charge in [-0.1, -0.05) is 6.92 Å². The zero-order chi connectivity index (χ0) is 15.9. The maximum Gasteiger partial charge on any atom is 0.0274 e. The van der Waals surface area contributed by atoms with Crippen LogP contribution in [0.1, 0.15) is 19.8 Å². The summed E-state index contributed by atoms with van der Waals surface area (Å²) in [4.78, 5) is 2.58. The average molecular weight is 383 g/mol. The highest BCUT2D eigenvalue weighted by molar-refractivity contribution is 8.04. The fraction of sp³-hybridized carbons (Fsp3) is 1.00. The lowest BCUT2D eigenvalue weighted by molar-refractivity contribution is 0.281. The molecule has 132 valence electrons. The monoisotopic (exact) mass is 382 g/mol. The predicted octanol–water partition coefficient (Wildman–Crippen LogP) is 3.62. The van der Waals surface area contributed by atoms with E-state index in [0.717, 1.165) is 19.1 Å². The molecule has 0 unspecified atom stereocenters. The van der Waals surface area contributed by atoms with E-state index in [4.69, 9.17) is 0 Å². The summed E-state index contributed by atoms with van der Waals surface area (Å²) in [6, 6.07) is 0.733. The van der Waals surface area contributed by atoms with Crippen molar-refractivity contribution < 1.29 is 0 Å². The van der Waals surface area contributed by atoms with Crippen LogP contribution in [-0.2, 0) is 0 Å². The Morgan fingerprint density at radius 2 is 1.45 bits per heavy atom. The Hall–Kier alpha value is 1.32. The van der Waals surface area contributed by atoms with E-state index in [0.29, 0.717) is 0 Å². The van der Waals surface area contributed by atoms with Crippen LogP contribution in [0, 0.1) is 0 Å². The molecule has 0 atom stereocenters. The number of likely N-dealkylation sites (N-methyl/N-ethyl adjacent to an activating group) is 1. The predicted molar refractivity (Wildman–Crippen MR) is 113 cm³/mol. The van der Waals surface area contributed by atoms with Crippen molar-refractivity contribution in [2.75, 3.05) is 72.7 Å². The third-order valence-corrected chi connectivity index (χ3v) is 8.52. The molecule has 0 aromatic carbocycles. The second-order valence-corrected chi connectivity index (χ2v) is 10.4. The van der Waals surface area contributed by atoms with Gasteiger partial charge in [0.25, 0.3) is 0 Å². The third kappa shape index (κ3) is 11.8. The van der Waals surface area contributed by atoms with Gasteiger partial charge in [-0.25, -0.2) is 0 Å². The molecule has 0 aliphatic carbocycles. The number of nitrogens with zero attached hydrogens (tertiary/aromatic N) is 1. The van der Waals surface area contributed by atoms with Gasteiger partial charge in [0.05, 0.1) is 0 Å². The fourth-order valence-corrected chi connectivity index (χ4v) is 7.13. The molecule has 0 amide bonds. The Balaban J connectivity index is 2.28. The molecular weight excluding hydrogens is 348 g/mol. The highest BCUT2D eigenvalue weighted by atomic mass is 32.2. The van der Waals surface area contributed by atoms with Crippen molar-refractivity contribution in [1.82, 2.24) is 10.2 Å². The first-order chi connectivity index (χ1) is 10.8. The molecule has 0 spiro atoms. The molecule has 0 bridgehead atoms. The van der Waals surface area contributed by atoms with Gasteiger partial charge in [-0.3, -0.25) is 0 Å². The Morgan fingerprint density at radius 3 is 2.05 bits per heavy atom. The molecule has 1 rings (SSSR count). The second kappa shape index (κ2) is 15.8. The van der Waals surface area contributed by atoms with Crippen molar-refractivity contribution in [2.45, 2.75) is 25.8 Å². The van der Waals surface area contributed by atoms with Crippen molar-refractivity contribution in [3.05, 3.63) is 0 Å². The molecule has 0 aromatic rings. The summed E-state index contributed by atoms with van der Waals surface area (Å²) in [7, 11) is 2.31. The molecule has 1 heterocycles. The largest absolute Gasteiger partial charge is 0.315 e. The summed E-state index contributed by atoms with van der Waals surface area (Å²) >= 11 is 8.61. The van der Waals surface area contributed by atoms with Gasteiger partial charge >= 0.3 is 0 Å². The number of nitrogens with one attached hydrogen (secondary N) is 1. The van der Waals surface area contributed by atoms with Crippen LogP contribution in [0.3, 0.4) is 0 Å². The number of hydrogen-bond acceptors (Lipinski definition) is 6. The third-order valence-electron chi connectivity index (χ3n) is 3.63. The van der Waals surface area contributed by atoms with E-state index >= 15 is 0 Å². The van der Waals surface area contributed by atoms with Gasteiger partial charge in [0.1, 0.15) is 0 Å². The van der Waals surface area contributed by atoms with Crippen molar-refractivity contribution in [2.24, 2.45) is 0 Å². The molecular formula is C16H34N2S4. The Morgan fingerprint density at radius 1 is 0.864 bits per heavy atom. The van der Waals surface area contributed by atoms with Gasteiger partial charge < -0.3 is 10.2 Å². The molecule has 22 heavy (non-hydrogen) atoms. The van der Waals surface area contributed by atoms with Crippen molar-refractivity contribution in [1.29, 1.82) is 0 Å². The topological polar surface area (TPSA) is 15.3 Å². The summed E-state index contributed by atoms with van der Waals surface area (Å²) in [5, 5.41) is 3.53. The normalized spacial score (nSPS) is 20.9. The van der Waals surface area contributed by atoms with E-state index in [-0.39, 0.29) is 0 Å². The van der Waals surface area contributed by atoms with E-state index in [1.807, 2.05) is 0 Å². The molecule has 0 saturated carbocycles. The van der Waals surface area contributed by atoms with E-state index in [9.17, 15) is 0 Å². The molecule has 0 aromatic heterocycles. The summed E-state index contributed by atoms with van der Waals surface area (Å²) in [5.74, 6) is 10.6. The highest BCUT2D eigenvalue weighted by Gasteiger charge is 2.14. The molecule has 1 fully saturated rings. The molecule has 6 heteroatoms. The zero-order valence-corrected chi connectivity index (χ0v) is 17.6. The smallest absolute Gasteiger partial charge is 0.0274 e. The molecule has 2 nitrogen and oxygen atoms in total. The van der Waals surface area contributed by atoms with Gasteiger partial charge in [-0.05, 0) is 37.9 Å². The first-order valence-corrected chi connectivity index (χ1v) is 13.2. The van der Waals surface area contributed by atoms with Gasteiger partial charge in [-0.15, -0.1) is 0 Å². The quantitative estimate of drug-likeness (QED) is 0.701. The highest BCUT2D eigenvalue weighted by Crippen LogP contribution is 2.18. The van der Waals surface area contributed by atoms with Crippen molar-refractivity contribution >= 4 is 47.0 Å². The van der Waals surface area contributed by atoms with Crippen LogP contribution >= 0.6 is 47.0 Å². The van der Waals surface area contributed by atoms with Gasteiger partial charge in [0, 0.05) is 53.6 Å². The van der Waals surface area contributed by atoms with Crippen LogP contribution in [0.2, 0.25) is 0 Å². The molecule has 0 radical (unpaired) electrons. The minimum absolute atomic E-state index is 0.733. The van der Waals surface area contributed by atoms with Crippen LogP contribution in [0.25, 0.3) is 0 Å². The summed E-state index contributed by atoms with van der Waals surface area (Å²) in [6.07, 6.45) is 2.62. The van der Waals surface area contributed by atoms with Crippen LogP contribution in [0.15, 0.2) is 0 Å². The lowest BCUT2D eigenvalue weighted by Crippen LogP contribution is -2.40. The minimum Gasteiger partial charge on any atom is -0.315 e. The SMILES string of the molecule is CCCNCCN(C)C1CSCCSCCCSCCSC1. The van der Waals surface area contributed by atoms with E-state index in [2.05, 4.69) is 71.2 Å². The summed E-state index contributed by atoms with van der Waals surface area (Å²) in [5.41, 5.74) is 0. The van der Waals surface area contributed by atoms with Gasteiger partial charge in [0.2, 0.25) is 0 Å². The lowest BCUT2D eigenvalue weighted by atomic mass is 10.3. The number of thioether (sulfide) groups is 4. The van der Waals surface area contributed by atoms with E-state index in [1.54, 1.807) is 0 Å². The standard InChI is InChI=1S/C16H34N2S4/c1-3-5-17-6-7-18(2)16-14-21-12-10-19-8-4-9-20-11-13-22-15-16/h16-17H,3-15H2,1-2H3. The van der Waals surface area contributed by atoms with Crippen LogP contribution in [-0.4, -0.2) is 83.6 Å². The van der Waals surface area contributed by atoms with Crippen LogP contribution in [0.4, 0.5) is 0 Å². The molecule has 1 N–H and O–H groups in total. The number of hydrogen-bond donors (Lipinski definition) is 1. The van der Waals surface area contributed by atoms with Crippen LogP contribution < -0.4 is 5.32 Å². The van der Waals surface area contributed by atoms with E-state index in [1.165, 1.54) is 65.4 Å². The maximum atomic E-state index is 3.53. The van der Waals surface area contributed by atoms with Crippen molar-refractivity contribution in [3.63, 3.8) is 0 Å². The fourth-order valence-electron chi connectivity index (χ4n) is 2.18. The second-order valence-electron chi connectivity index (χ2n) is 5.61. The first kappa shape index (κ1) is 21.4. The van der Waals surface area contributed by atoms with Gasteiger partial charge in [0.15, 0.2) is 0 Å². The Kier molecular flexibility index (Phi) is 15.4. The summed E-state index contributed by atoms with van der Waals surface area (Å²) < 4.78 is 0. The first-order valence-electron chi connectivity index (χ1n) is 8.56. The molecule has 1 aliphatic rings. The van der Waals surface area contributed by atoms with E-state index < -0.39 is 0 Å². The lowest BCUT2D eigenvalue weighted by Gasteiger charge is -2.28. The molecule has 1 aliphatic heterocycles. The van der Waals surface area contributed by atoms with Crippen LogP contribution in [0.5, 0.6) is 0 Å². The Bertz CT molecular complexity index is 230. The molecule has 1 saturated heterocycles. The number of rotatable bonds is 6. The Labute approximate surface area is 155 Å². The minimum atomic E-state index is 0.733. The zero-order valence-electron chi connectivity index (χ0n) is 14.3. The average Bonchev–Trinajstić information content (AvgIpc) is 2.53.